The lowest BCUT2D eigenvalue weighted by Crippen LogP contribution is -2.40. The fourth-order valence-electron chi connectivity index (χ4n) is 2.86. The molecule has 1 aromatic carbocycles. The third-order valence-corrected chi connectivity index (χ3v) is 6.74. The van der Waals surface area contributed by atoms with Gasteiger partial charge in [-0.3, -0.25) is 4.68 Å². The quantitative estimate of drug-likeness (QED) is 0.736. The van der Waals surface area contributed by atoms with Crippen LogP contribution in [0.5, 0.6) is 0 Å². The van der Waals surface area contributed by atoms with E-state index in [1.54, 1.807) is 0 Å². The van der Waals surface area contributed by atoms with Gasteiger partial charge in [0, 0.05) is 19.3 Å². The van der Waals surface area contributed by atoms with Gasteiger partial charge in [0.05, 0.1) is 38.4 Å². The van der Waals surface area contributed by atoms with Gasteiger partial charge in [0.1, 0.15) is 0 Å². The Bertz CT molecular complexity index is 937. The first-order chi connectivity index (χ1) is 12.2. The van der Waals surface area contributed by atoms with E-state index in [9.17, 15) is 13.2 Å². The molecule has 0 aliphatic carbocycles. The molecule has 0 amide bonds. The van der Waals surface area contributed by atoms with Gasteiger partial charge in [-0.2, -0.15) is 9.40 Å². The van der Waals surface area contributed by atoms with Crippen molar-refractivity contribution in [1.29, 1.82) is 0 Å². The average molecular weight is 419 g/mol. The molecular weight excluding hydrogens is 403 g/mol. The molecule has 0 saturated carbocycles. The van der Waals surface area contributed by atoms with Crippen LogP contribution in [-0.2, 0) is 10.0 Å². The van der Waals surface area contributed by atoms with Crippen LogP contribution in [-0.4, -0.2) is 46.7 Å². The molecule has 2 heterocycles. The third-order valence-electron chi connectivity index (χ3n) is 4.27. The number of carbonyl (C=O) groups is 1. The van der Waals surface area contributed by atoms with Gasteiger partial charge in [-0.05, 0) is 25.0 Å². The number of aromatic carboxylic acids is 1. The van der Waals surface area contributed by atoms with Crippen LogP contribution in [0.25, 0.3) is 0 Å². The van der Waals surface area contributed by atoms with E-state index >= 15 is 0 Å². The zero-order valence-electron chi connectivity index (χ0n) is 13.5. The molecule has 1 fully saturated rings. The topological polar surface area (TPSA) is 119 Å². The molecule has 11 heteroatoms. The van der Waals surface area contributed by atoms with Crippen molar-refractivity contribution in [1.82, 2.24) is 14.1 Å². The Kier molecular flexibility index (Phi) is 5.16. The monoisotopic (exact) mass is 418 g/mol. The molecular formula is C15H16Cl2N4O4S. The van der Waals surface area contributed by atoms with Gasteiger partial charge in [0.25, 0.3) is 0 Å². The second-order valence-corrected chi connectivity index (χ2v) is 8.73. The first-order valence-corrected chi connectivity index (χ1v) is 9.92. The van der Waals surface area contributed by atoms with Crippen molar-refractivity contribution in [2.24, 2.45) is 0 Å². The van der Waals surface area contributed by atoms with Crippen LogP contribution in [0.2, 0.25) is 10.0 Å². The molecule has 0 radical (unpaired) electrons. The Balaban J connectivity index is 1.87. The Morgan fingerprint density at radius 1 is 1.31 bits per heavy atom. The van der Waals surface area contributed by atoms with Crippen molar-refractivity contribution >= 4 is 44.9 Å². The van der Waals surface area contributed by atoms with Crippen LogP contribution in [0.15, 0.2) is 29.4 Å². The van der Waals surface area contributed by atoms with Crippen molar-refractivity contribution in [3.63, 3.8) is 0 Å². The number of carboxylic acid groups (broad SMARTS) is 1. The highest BCUT2D eigenvalue weighted by atomic mass is 35.5. The van der Waals surface area contributed by atoms with Gasteiger partial charge < -0.3 is 10.8 Å². The second-order valence-electron chi connectivity index (χ2n) is 5.97. The number of benzene rings is 1. The summed E-state index contributed by atoms with van der Waals surface area (Å²) in [6.45, 7) is 0.508. The number of anilines is 1. The third kappa shape index (κ3) is 3.52. The number of halogens is 2. The zero-order valence-corrected chi connectivity index (χ0v) is 15.8. The number of hydrogen-bond acceptors (Lipinski definition) is 5. The van der Waals surface area contributed by atoms with Gasteiger partial charge >= 0.3 is 5.97 Å². The molecule has 0 spiro atoms. The van der Waals surface area contributed by atoms with Crippen molar-refractivity contribution in [3.05, 3.63) is 40.1 Å². The van der Waals surface area contributed by atoms with Crippen molar-refractivity contribution in [3.8, 4) is 0 Å². The van der Waals surface area contributed by atoms with E-state index in [-0.39, 0.29) is 38.8 Å². The van der Waals surface area contributed by atoms with E-state index in [0.29, 0.717) is 19.4 Å². The molecule has 1 aromatic heterocycles. The summed E-state index contributed by atoms with van der Waals surface area (Å²) in [5.74, 6) is -1.08. The van der Waals surface area contributed by atoms with Crippen LogP contribution >= 0.6 is 23.2 Å². The first-order valence-electron chi connectivity index (χ1n) is 7.72. The van der Waals surface area contributed by atoms with E-state index in [2.05, 4.69) is 5.10 Å². The van der Waals surface area contributed by atoms with Crippen LogP contribution in [0.1, 0.15) is 29.2 Å². The maximum atomic E-state index is 12.9. The summed E-state index contributed by atoms with van der Waals surface area (Å²) in [7, 11) is -3.82. The highest BCUT2D eigenvalue weighted by Gasteiger charge is 2.32. The van der Waals surface area contributed by atoms with E-state index in [1.165, 1.54) is 33.5 Å². The fourth-order valence-corrected chi connectivity index (χ4v) is 5.05. The lowest BCUT2D eigenvalue weighted by molar-refractivity contribution is 0.0696. The smallest absolute Gasteiger partial charge is 0.338 e. The maximum absolute atomic E-state index is 12.9. The number of nitrogens with zero attached hydrogens (tertiary/aromatic N) is 3. The van der Waals surface area contributed by atoms with Crippen molar-refractivity contribution in [2.75, 3.05) is 18.8 Å². The van der Waals surface area contributed by atoms with Gasteiger partial charge in [0.2, 0.25) is 10.0 Å². The first kappa shape index (κ1) is 19.0. The lowest BCUT2D eigenvalue weighted by Gasteiger charge is -2.32. The molecule has 1 aliphatic heterocycles. The SMILES string of the molecule is Nc1c(Cl)cc(S(=O)(=O)N2CCC[C@H](n3cc(C(=O)O)cn3)C2)cc1Cl. The Labute approximate surface area is 160 Å². The van der Waals surface area contributed by atoms with Gasteiger partial charge in [-0.1, -0.05) is 23.2 Å². The van der Waals surface area contributed by atoms with E-state index < -0.39 is 16.0 Å². The molecule has 1 saturated heterocycles. The van der Waals surface area contributed by atoms with Crippen molar-refractivity contribution < 1.29 is 18.3 Å². The summed E-state index contributed by atoms with van der Waals surface area (Å²) in [5, 5.41) is 13.2. The summed E-state index contributed by atoms with van der Waals surface area (Å²) < 4.78 is 28.7. The van der Waals surface area contributed by atoms with Gasteiger partial charge in [0.15, 0.2) is 0 Å². The average Bonchev–Trinajstić information content (AvgIpc) is 3.09. The number of sulfonamides is 1. The van der Waals surface area contributed by atoms with Crippen LogP contribution < -0.4 is 5.73 Å². The summed E-state index contributed by atoms with van der Waals surface area (Å²) in [6, 6.07) is 2.29. The fraction of sp³-hybridized carbons (Fsp3) is 0.333. The normalized spacial score (nSPS) is 18.8. The number of carboxylic acids is 1. The predicted molar refractivity (Wildman–Crippen MR) is 97.1 cm³/mol. The molecule has 1 aliphatic rings. The Morgan fingerprint density at radius 3 is 2.54 bits per heavy atom. The summed E-state index contributed by atoms with van der Waals surface area (Å²) >= 11 is 11.9. The molecule has 26 heavy (non-hydrogen) atoms. The van der Waals surface area contributed by atoms with Gasteiger partial charge in [-0.25, -0.2) is 13.2 Å². The van der Waals surface area contributed by atoms with Crippen LogP contribution in [0.3, 0.4) is 0 Å². The number of hydrogen-bond donors (Lipinski definition) is 2. The summed E-state index contributed by atoms with van der Waals surface area (Å²) in [4.78, 5) is 11.0. The Morgan fingerprint density at radius 2 is 1.96 bits per heavy atom. The maximum Gasteiger partial charge on any atom is 0.338 e. The lowest BCUT2D eigenvalue weighted by atomic mass is 10.1. The second kappa shape index (κ2) is 7.07. The van der Waals surface area contributed by atoms with Crippen LogP contribution in [0.4, 0.5) is 5.69 Å². The van der Waals surface area contributed by atoms with Crippen LogP contribution in [0, 0.1) is 0 Å². The molecule has 0 bridgehead atoms. The molecule has 3 rings (SSSR count). The minimum absolute atomic E-state index is 0.0333. The molecule has 1 atom stereocenters. The molecule has 2 aromatic rings. The number of aromatic nitrogens is 2. The van der Waals surface area contributed by atoms with Crippen molar-refractivity contribution in [2.45, 2.75) is 23.8 Å². The molecule has 3 N–H and O–H groups in total. The highest BCUT2D eigenvalue weighted by Crippen LogP contribution is 2.33. The van der Waals surface area contributed by atoms with E-state index in [4.69, 9.17) is 34.0 Å². The number of rotatable bonds is 4. The van der Waals surface area contributed by atoms with Gasteiger partial charge in [-0.15, -0.1) is 0 Å². The summed E-state index contributed by atoms with van der Waals surface area (Å²) in [6.07, 6.45) is 3.95. The standard InChI is InChI=1S/C15H16Cl2N4O4S/c16-12-4-11(5-13(17)14(12)18)26(24,25)20-3-1-2-10(8-20)21-7-9(6-19-21)15(22)23/h4-7,10H,1-3,8,18H2,(H,22,23)/t10-/m0/s1. The Hall–Kier alpha value is -1.81. The number of nitrogens with two attached hydrogens (primary N) is 1. The predicted octanol–water partition coefficient (Wildman–Crippen LogP) is 2.50. The van der Waals surface area contributed by atoms with E-state index in [1.807, 2.05) is 0 Å². The molecule has 8 nitrogen and oxygen atoms in total. The molecule has 0 unspecified atom stereocenters. The zero-order chi connectivity index (χ0) is 19.1. The molecule has 140 valence electrons. The highest BCUT2D eigenvalue weighted by molar-refractivity contribution is 7.89. The van der Waals surface area contributed by atoms with E-state index in [0.717, 1.165) is 0 Å². The minimum Gasteiger partial charge on any atom is -0.478 e. The minimum atomic E-state index is -3.82. The largest absolute Gasteiger partial charge is 0.478 e. The number of piperidine rings is 1. The summed E-state index contributed by atoms with van der Waals surface area (Å²) in [5.41, 5.74) is 5.85. The number of nitrogen functional groups attached to an aromatic ring is 1.